The molecule has 4 heteroatoms. The van der Waals surface area contributed by atoms with Gasteiger partial charge < -0.3 is 15.5 Å². The van der Waals surface area contributed by atoms with Crippen molar-refractivity contribution >= 4 is 5.91 Å². The Morgan fingerprint density at radius 2 is 1.67 bits per heavy atom. The van der Waals surface area contributed by atoms with Crippen LogP contribution >= 0.6 is 0 Å². The number of carbonyl (C=O) groups excluding carboxylic acids is 1. The Bertz CT molecular complexity index is 240. The summed E-state index contributed by atoms with van der Waals surface area (Å²) in [6, 6.07) is 0. The van der Waals surface area contributed by atoms with E-state index in [1.54, 1.807) is 0 Å². The van der Waals surface area contributed by atoms with Crippen LogP contribution in [0.15, 0.2) is 0 Å². The molecule has 1 saturated heterocycles. The van der Waals surface area contributed by atoms with E-state index in [1.165, 1.54) is 0 Å². The molecular formula is C11H21N3O. The number of nitrogens with two attached hydrogens (primary N) is 1. The first kappa shape index (κ1) is 10.9. The molecule has 1 aliphatic heterocycles. The molecule has 0 atom stereocenters. The van der Waals surface area contributed by atoms with Gasteiger partial charge in [-0.25, -0.2) is 0 Å². The van der Waals surface area contributed by atoms with Crippen LogP contribution in [0.3, 0.4) is 0 Å². The monoisotopic (exact) mass is 211 g/mol. The van der Waals surface area contributed by atoms with Crippen molar-refractivity contribution < 1.29 is 4.79 Å². The first-order valence-corrected chi connectivity index (χ1v) is 5.89. The van der Waals surface area contributed by atoms with Gasteiger partial charge in [-0.3, -0.25) is 4.79 Å². The van der Waals surface area contributed by atoms with Gasteiger partial charge in [0.1, 0.15) is 0 Å². The largest absolute Gasteiger partial charge is 0.339 e. The lowest BCUT2D eigenvalue weighted by Crippen LogP contribution is -2.58. The van der Waals surface area contributed by atoms with E-state index < -0.39 is 5.54 Å². The maximum Gasteiger partial charge on any atom is 0.242 e. The number of nitrogens with zero attached hydrogens (tertiary/aromatic N) is 2. The SMILES string of the molecule is CN1CCN(C(=O)C2(N)CCCC2)CC1. The predicted octanol–water partition coefficient (Wildman–Crippen LogP) is 0.0319. The van der Waals surface area contributed by atoms with Gasteiger partial charge in [0.25, 0.3) is 0 Å². The first-order chi connectivity index (χ1) is 7.12. The van der Waals surface area contributed by atoms with Crippen LogP contribution in [0.2, 0.25) is 0 Å². The molecule has 1 saturated carbocycles. The first-order valence-electron chi connectivity index (χ1n) is 5.89. The van der Waals surface area contributed by atoms with E-state index in [-0.39, 0.29) is 5.91 Å². The van der Waals surface area contributed by atoms with Crippen molar-refractivity contribution in [2.45, 2.75) is 31.2 Å². The summed E-state index contributed by atoms with van der Waals surface area (Å²) in [6.07, 6.45) is 3.96. The zero-order chi connectivity index (χ0) is 10.9. The van der Waals surface area contributed by atoms with Crippen LogP contribution in [-0.2, 0) is 4.79 Å². The molecule has 2 N–H and O–H groups in total. The summed E-state index contributed by atoms with van der Waals surface area (Å²) in [4.78, 5) is 16.4. The van der Waals surface area contributed by atoms with E-state index >= 15 is 0 Å². The van der Waals surface area contributed by atoms with E-state index in [0.29, 0.717) is 0 Å². The standard InChI is InChI=1S/C11H21N3O/c1-13-6-8-14(9-7-13)10(15)11(12)4-2-3-5-11/h2-9,12H2,1H3. The highest BCUT2D eigenvalue weighted by Crippen LogP contribution is 2.29. The van der Waals surface area contributed by atoms with Gasteiger partial charge in [-0.2, -0.15) is 0 Å². The van der Waals surface area contributed by atoms with Crippen molar-refractivity contribution in [3.8, 4) is 0 Å². The maximum absolute atomic E-state index is 12.2. The number of amides is 1. The average Bonchev–Trinajstić information content (AvgIpc) is 2.67. The number of hydrogen-bond acceptors (Lipinski definition) is 3. The Morgan fingerprint density at radius 3 is 2.20 bits per heavy atom. The second kappa shape index (κ2) is 4.10. The molecule has 1 heterocycles. The van der Waals surface area contributed by atoms with Gasteiger partial charge in [0, 0.05) is 26.2 Å². The molecule has 0 spiro atoms. The lowest BCUT2D eigenvalue weighted by Gasteiger charge is -2.37. The van der Waals surface area contributed by atoms with Gasteiger partial charge in [0.15, 0.2) is 0 Å². The van der Waals surface area contributed by atoms with Crippen LogP contribution < -0.4 is 5.73 Å². The summed E-state index contributed by atoms with van der Waals surface area (Å²) in [5.74, 6) is 0.188. The van der Waals surface area contributed by atoms with Crippen molar-refractivity contribution in [1.29, 1.82) is 0 Å². The minimum absolute atomic E-state index is 0.188. The molecule has 0 aromatic carbocycles. The third-order valence-corrected chi connectivity index (χ3v) is 3.71. The van der Waals surface area contributed by atoms with E-state index in [4.69, 9.17) is 5.73 Å². The summed E-state index contributed by atoms with van der Waals surface area (Å²) >= 11 is 0. The van der Waals surface area contributed by atoms with Crippen molar-refractivity contribution in [2.75, 3.05) is 33.2 Å². The van der Waals surface area contributed by atoms with Crippen LogP contribution in [-0.4, -0.2) is 54.5 Å². The number of likely N-dealkylation sites (N-methyl/N-ethyl adjacent to an activating group) is 1. The Hall–Kier alpha value is -0.610. The highest BCUT2D eigenvalue weighted by molar-refractivity contribution is 5.86. The molecule has 0 bridgehead atoms. The minimum Gasteiger partial charge on any atom is -0.339 e. The number of rotatable bonds is 1. The molecule has 0 radical (unpaired) electrons. The maximum atomic E-state index is 12.2. The van der Waals surface area contributed by atoms with Gasteiger partial charge >= 0.3 is 0 Å². The van der Waals surface area contributed by atoms with Crippen molar-refractivity contribution in [3.05, 3.63) is 0 Å². The molecule has 0 unspecified atom stereocenters. The molecule has 2 fully saturated rings. The van der Waals surface area contributed by atoms with E-state index in [0.717, 1.165) is 51.9 Å². The number of carbonyl (C=O) groups is 1. The smallest absolute Gasteiger partial charge is 0.242 e. The zero-order valence-electron chi connectivity index (χ0n) is 9.54. The third kappa shape index (κ3) is 2.16. The van der Waals surface area contributed by atoms with E-state index in [9.17, 15) is 4.79 Å². The minimum atomic E-state index is -0.532. The molecular weight excluding hydrogens is 190 g/mol. The molecule has 15 heavy (non-hydrogen) atoms. The Kier molecular flexibility index (Phi) is 2.98. The quantitative estimate of drug-likeness (QED) is 0.666. The Balaban J connectivity index is 1.95. The molecule has 2 aliphatic rings. The van der Waals surface area contributed by atoms with Crippen molar-refractivity contribution in [3.63, 3.8) is 0 Å². The molecule has 1 aliphatic carbocycles. The molecule has 4 nitrogen and oxygen atoms in total. The Labute approximate surface area is 91.4 Å². The fourth-order valence-electron chi connectivity index (χ4n) is 2.54. The normalized spacial score (nSPS) is 26.9. The van der Waals surface area contributed by atoms with E-state index in [2.05, 4.69) is 11.9 Å². The summed E-state index contributed by atoms with van der Waals surface area (Å²) in [6.45, 7) is 3.63. The molecule has 86 valence electrons. The van der Waals surface area contributed by atoms with Crippen LogP contribution in [0.4, 0.5) is 0 Å². The van der Waals surface area contributed by atoms with Gasteiger partial charge in [-0.15, -0.1) is 0 Å². The number of piperazine rings is 1. The van der Waals surface area contributed by atoms with Crippen molar-refractivity contribution in [1.82, 2.24) is 9.80 Å². The van der Waals surface area contributed by atoms with Crippen LogP contribution in [0.5, 0.6) is 0 Å². The highest BCUT2D eigenvalue weighted by Gasteiger charge is 2.40. The summed E-state index contributed by atoms with van der Waals surface area (Å²) in [7, 11) is 2.09. The predicted molar refractivity (Wildman–Crippen MR) is 59.5 cm³/mol. The Morgan fingerprint density at radius 1 is 1.13 bits per heavy atom. The fourth-order valence-corrected chi connectivity index (χ4v) is 2.54. The number of hydrogen-bond donors (Lipinski definition) is 1. The molecule has 1 amide bonds. The van der Waals surface area contributed by atoms with Gasteiger partial charge in [0.05, 0.1) is 5.54 Å². The molecule has 0 aromatic heterocycles. The lowest BCUT2D eigenvalue weighted by molar-refractivity contribution is -0.138. The van der Waals surface area contributed by atoms with E-state index in [1.807, 2.05) is 4.90 Å². The average molecular weight is 211 g/mol. The zero-order valence-corrected chi connectivity index (χ0v) is 9.54. The van der Waals surface area contributed by atoms with Gasteiger partial charge in [0.2, 0.25) is 5.91 Å². The van der Waals surface area contributed by atoms with Crippen LogP contribution in [0.1, 0.15) is 25.7 Å². The fraction of sp³-hybridized carbons (Fsp3) is 0.909. The second-order valence-electron chi connectivity index (χ2n) is 4.96. The highest BCUT2D eigenvalue weighted by atomic mass is 16.2. The summed E-state index contributed by atoms with van der Waals surface area (Å²) < 4.78 is 0. The van der Waals surface area contributed by atoms with Crippen molar-refractivity contribution in [2.24, 2.45) is 5.73 Å². The summed E-state index contributed by atoms with van der Waals surface area (Å²) in [5, 5.41) is 0. The lowest BCUT2D eigenvalue weighted by atomic mass is 9.97. The van der Waals surface area contributed by atoms with Crippen LogP contribution in [0, 0.1) is 0 Å². The summed E-state index contributed by atoms with van der Waals surface area (Å²) in [5.41, 5.74) is 5.63. The molecule has 0 aromatic rings. The molecule has 2 rings (SSSR count). The van der Waals surface area contributed by atoms with Crippen LogP contribution in [0.25, 0.3) is 0 Å². The van der Waals surface area contributed by atoms with Gasteiger partial charge in [-0.1, -0.05) is 12.8 Å². The third-order valence-electron chi connectivity index (χ3n) is 3.71. The topological polar surface area (TPSA) is 49.6 Å². The van der Waals surface area contributed by atoms with Gasteiger partial charge in [-0.05, 0) is 19.9 Å². The second-order valence-corrected chi connectivity index (χ2v) is 4.96.